The number of aliphatic hydroxyl groups excluding tert-OH is 1. The monoisotopic (exact) mass is 349 g/mol. The number of rotatable bonds is 5. The van der Waals surface area contributed by atoms with E-state index in [1.165, 1.54) is 17.1 Å². The zero-order chi connectivity index (χ0) is 17.9. The van der Waals surface area contributed by atoms with Crippen LogP contribution in [-0.2, 0) is 6.61 Å². The summed E-state index contributed by atoms with van der Waals surface area (Å²) in [5, 5.41) is 12.1. The standard InChI is InChI=1S/C21H21N2O3/c1-14-9-17(10-19(14)24)26-21-11-20(22-13-23-21)25-12-16-7-4-6-15-5-2-3-8-18(15)16/h2-8,11,13-14,17,19,24H,1,9-10,12H2/t14-,17+,19-/m0/s1. The summed E-state index contributed by atoms with van der Waals surface area (Å²) in [5.41, 5.74) is 1.10. The van der Waals surface area contributed by atoms with E-state index >= 15 is 0 Å². The van der Waals surface area contributed by atoms with Gasteiger partial charge in [-0.1, -0.05) is 42.5 Å². The molecule has 0 unspecified atom stereocenters. The van der Waals surface area contributed by atoms with Crippen LogP contribution in [-0.4, -0.2) is 27.3 Å². The summed E-state index contributed by atoms with van der Waals surface area (Å²) in [4.78, 5) is 8.31. The molecule has 0 amide bonds. The van der Waals surface area contributed by atoms with Crippen LogP contribution in [0.15, 0.2) is 54.9 Å². The third-order valence-corrected chi connectivity index (χ3v) is 4.77. The minimum atomic E-state index is -0.413. The van der Waals surface area contributed by atoms with Gasteiger partial charge in [0.25, 0.3) is 0 Å². The molecule has 3 atom stereocenters. The van der Waals surface area contributed by atoms with Gasteiger partial charge in [0.05, 0.1) is 12.2 Å². The molecule has 5 nitrogen and oxygen atoms in total. The molecule has 1 saturated carbocycles. The number of hydrogen-bond acceptors (Lipinski definition) is 5. The first-order chi connectivity index (χ1) is 12.7. The van der Waals surface area contributed by atoms with Gasteiger partial charge in [0.1, 0.15) is 19.0 Å². The first kappa shape index (κ1) is 16.8. The minimum Gasteiger partial charge on any atom is -0.474 e. The highest BCUT2D eigenvalue weighted by Crippen LogP contribution is 2.29. The van der Waals surface area contributed by atoms with Crippen molar-refractivity contribution >= 4 is 10.8 Å². The molecule has 1 N–H and O–H groups in total. The Labute approximate surface area is 152 Å². The molecule has 0 saturated heterocycles. The lowest BCUT2D eigenvalue weighted by Gasteiger charge is -2.13. The van der Waals surface area contributed by atoms with Crippen LogP contribution in [0.1, 0.15) is 18.4 Å². The third kappa shape index (κ3) is 3.63. The lowest BCUT2D eigenvalue weighted by Crippen LogP contribution is -2.14. The minimum absolute atomic E-state index is 0.00363. The van der Waals surface area contributed by atoms with Crippen molar-refractivity contribution in [2.45, 2.75) is 31.7 Å². The van der Waals surface area contributed by atoms with Crippen LogP contribution in [0.3, 0.4) is 0 Å². The van der Waals surface area contributed by atoms with Gasteiger partial charge in [0, 0.05) is 6.42 Å². The lowest BCUT2D eigenvalue weighted by atomic mass is 10.1. The van der Waals surface area contributed by atoms with Gasteiger partial charge in [0.15, 0.2) is 0 Å². The second-order valence-electron chi connectivity index (χ2n) is 6.66. The summed E-state index contributed by atoms with van der Waals surface area (Å²) in [6.07, 6.45) is 2.24. The smallest absolute Gasteiger partial charge is 0.220 e. The predicted octanol–water partition coefficient (Wildman–Crippen LogP) is 3.56. The van der Waals surface area contributed by atoms with E-state index in [0.29, 0.717) is 24.8 Å². The first-order valence-corrected chi connectivity index (χ1v) is 8.78. The topological polar surface area (TPSA) is 64.5 Å². The normalized spacial score (nSPS) is 22.5. The van der Waals surface area contributed by atoms with E-state index in [0.717, 1.165) is 12.0 Å². The highest BCUT2D eigenvalue weighted by molar-refractivity contribution is 5.85. The van der Waals surface area contributed by atoms with E-state index in [4.69, 9.17) is 9.47 Å². The SMILES string of the molecule is [CH2][C@H]1C[C@@H](Oc2cc(OCc3cccc4ccccc34)ncn2)C[C@@H]1O. The molecule has 5 heteroatoms. The highest BCUT2D eigenvalue weighted by Gasteiger charge is 2.31. The Bertz CT molecular complexity index is 884. The van der Waals surface area contributed by atoms with Gasteiger partial charge in [0.2, 0.25) is 11.8 Å². The van der Waals surface area contributed by atoms with Crippen molar-refractivity contribution in [1.82, 2.24) is 9.97 Å². The van der Waals surface area contributed by atoms with Crippen molar-refractivity contribution in [3.05, 3.63) is 67.3 Å². The predicted molar refractivity (Wildman–Crippen MR) is 98.8 cm³/mol. The molecule has 133 valence electrons. The number of ether oxygens (including phenoxy) is 2. The number of hydrogen-bond donors (Lipinski definition) is 1. The molecule has 0 spiro atoms. The molecule has 4 rings (SSSR count). The summed E-state index contributed by atoms with van der Waals surface area (Å²) < 4.78 is 11.7. The zero-order valence-electron chi connectivity index (χ0n) is 14.4. The molecule has 1 fully saturated rings. The van der Waals surface area contributed by atoms with Crippen LogP contribution >= 0.6 is 0 Å². The summed E-state index contributed by atoms with van der Waals surface area (Å²) >= 11 is 0. The van der Waals surface area contributed by atoms with E-state index in [1.54, 1.807) is 6.07 Å². The average molecular weight is 349 g/mol. The fourth-order valence-electron chi connectivity index (χ4n) is 3.36. The molecule has 1 radical (unpaired) electrons. The zero-order valence-corrected chi connectivity index (χ0v) is 14.4. The second-order valence-corrected chi connectivity index (χ2v) is 6.66. The molecular formula is C21H21N2O3. The maximum absolute atomic E-state index is 9.80. The van der Waals surface area contributed by atoms with Crippen LogP contribution in [0.25, 0.3) is 10.8 Å². The van der Waals surface area contributed by atoms with Gasteiger partial charge in [-0.25, -0.2) is 9.97 Å². The molecule has 1 aliphatic carbocycles. The van der Waals surface area contributed by atoms with Crippen molar-refractivity contribution in [1.29, 1.82) is 0 Å². The van der Waals surface area contributed by atoms with Gasteiger partial charge in [-0.15, -0.1) is 0 Å². The molecule has 0 bridgehead atoms. The maximum Gasteiger partial charge on any atom is 0.220 e. The van der Waals surface area contributed by atoms with Gasteiger partial charge < -0.3 is 14.6 Å². The molecule has 1 aliphatic rings. The second kappa shape index (κ2) is 7.30. The molecule has 1 aromatic heterocycles. The van der Waals surface area contributed by atoms with Crippen molar-refractivity contribution in [3.8, 4) is 11.8 Å². The van der Waals surface area contributed by atoms with Gasteiger partial charge in [-0.2, -0.15) is 0 Å². The van der Waals surface area contributed by atoms with Gasteiger partial charge in [-0.05, 0) is 35.6 Å². The van der Waals surface area contributed by atoms with Crippen LogP contribution < -0.4 is 9.47 Å². The molecule has 3 aromatic rings. The fourth-order valence-corrected chi connectivity index (χ4v) is 3.36. The summed E-state index contributed by atoms with van der Waals surface area (Å²) in [7, 11) is 0. The summed E-state index contributed by atoms with van der Waals surface area (Å²) in [6.45, 7) is 4.35. The number of fused-ring (bicyclic) bond motifs is 1. The quantitative estimate of drug-likeness (QED) is 0.763. The Kier molecular flexibility index (Phi) is 4.71. The van der Waals surface area contributed by atoms with Crippen LogP contribution in [0.4, 0.5) is 0 Å². The van der Waals surface area contributed by atoms with Crippen molar-refractivity contribution in [2.24, 2.45) is 5.92 Å². The fraction of sp³-hybridized carbons (Fsp3) is 0.286. The van der Waals surface area contributed by atoms with Gasteiger partial charge in [-0.3, -0.25) is 0 Å². The molecular weight excluding hydrogens is 328 g/mol. The van der Waals surface area contributed by atoms with E-state index in [1.807, 2.05) is 18.2 Å². The van der Waals surface area contributed by atoms with Crippen molar-refractivity contribution in [2.75, 3.05) is 0 Å². The van der Waals surface area contributed by atoms with Crippen LogP contribution in [0.2, 0.25) is 0 Å². The first-order valence-electron chi connectivity index (χ1n) is 8.78. The van der Waals surface area contributed by atoms with E-state index < -0.39 is 6.10 Å². The highest BCUT2D eigenvalue weighted by atomic mass is 16.5. The van der Waals surface area contributed by atoms with Gasteiger partial charge >= 0.3 is 0 Å². The molecule has 26 heavy (non-hydrogen) atoms. The van der Waals surface area contributed by atoms with Crippen LogP contribution in [0, 0.1) is 12.8 Å². The van der Waals surface area contributed by atoms with E-state index in [2.05, 4.69) is 41.2 Å². The average Bonchev–Trinajstić information content (AvgIpc) is 2.97. The summed E-state index contributed by atoms with van der Waals surface area (Å²) in [5.74, 6) is 0.927. The Balaban J connectivity index is 1.44. The number of aliphatic hydroxyl groups is 1. The Morgan fingerprint density at radius 1 is 1.04 bits per heavy atom. The Morgan fingerprint density at radius 2 is 1.85 bits per heavy atom. The maximum atomic E-state index is 9.80. The Hall–Kier alpha value is -2.66. The van der Waals surface area contributed by atoms with E-state index in [9.17, 15) is 5.11 Å². The Morgan fingerprint density at radius 3 is 2.69 bits per heavy atom. The number of aromatic nitrogens is 2. The summed E-state index contributed by atoms with van der Waals surface area (Å²) in [6, 6.07) is 16.1. The van der Waals surface area contributed by atoms with E-state index in [-0.39, 0.29) is 12.0 Å². The molecule has 0 aliphatic heterocycles. The van der Waals surface area contributed by atoms with Crippen molar-refractivity contribution < 1.29 is 14.6 Å². The van der Waals surface area contributed by atoms with Crippen LogP contribution in [0.5, 0.6) is 11.8 Å². The molecule has 2 aromatic carbocycles. The largest absolute Gasteiger partial charge is 0.474 e. The lowest BCUT2D eigenvalue weighted by molar-refractivity contribution is 0.134. The number of nitrogens with zero attached hydrogens (tertiary/aromatic N) is 2. The van der Waals surface area contributed by atoms with Crippen molar-refractivity contribution in [3.63, 3.8) is 0 Å². The third-order valence-electron chi connectivity index (χ3n) is 4.77. The number of benzene rings is 2. The molecule has 1 heterocycles.